The van der Waals surface area contributed by atoms with Crippen molar-refractivity contribution in [1.29, 1.82) is 0 Å². The molecule has 1 N–H and O–H groups in total. The molecule has 2 amide bonds. The molecule has 296 valence electrons. The summed E-state index contributed by atoms with van der Waals surface area (Å²) in [6.45, 7) is 16.1. The maximum absolute atomic E-state index is 13.5. The van der Waals surface area contributed by atoms with Crippen molar-refractivity contribution in [3.63, 3.8) is 0 Å². The first-order valence-corrected chi connectivity index (χ1v) is 19.8. The highest BCUT2D eigenvalue weighted by molar-refractivity contribution is 7.14. The number of rotatable bonds is 11. The molecule has 2 fully saturated rings. The molecule has 1 atom stereocenters. The topological polar surface area (TPSA) is 106 Å². The van der Waals surface area contributed by atoms with Crippen molar-refractivity contribution in [2.45, 2.75) is 111 Å². The van der Waals surface area contributed by atoms with Gasteiger partial charge >= 0.3 is 12.1 Å². The van der Waals surface area contributed by atoms with Crippen LogP contribution >= 0.6 is 11.3 Å². The third-order valence-electron chi connectivity index (χ3n) is 10.8. The zero-order valence-electron chi connectivity index (χ0n) is 32.9. The molecule has 0 bridgehead atoms. The van der Waals surface area contributed by atoms with Gasteiger partial charge in [-0.1, -0.05) is 57.2 Å². The van der Waals surface area contributed by atoms with Crippen LogP contribution in [0, 0.1) is 10.8 Å². The van der Waals surface area contributed by atoms with Crippen molar-refractivity contribution in [3.8, 4) is 0 Å². The minimum Gasteiger partial charge on any atom is -0.460 e. The van der Waals surface area contributed by atoms with Crippen molar-refractivity contribution in [3.05, 3.63) is 81.5 Å². The first-order chi connectivity index (χ1) is 25.9. The molecule has 55 heavy (non-hydrogen) atoms. The lowest BCUT2D eigenvalue weighted by atomic mass is 9.61. The summed E-state index contributed by atoms with van der Waals surface area (Å²) in [5, 5.41) is 2.94. The van der Waals surface area contributed by atoms with Crippen molar-refractivity contribution in [2.24, 2.45) is 10.8 Å². The molecular weight excluding hydrogens is 725 g/mol. The van der Waals surface area contributed by atoms with Crippen molar-refractivity contribution in [2.75, 3.05) is 25.0 Å². The number of benzene rings is 2. The van der Waals surface area contributed by atoms with E-state index in [0.29, 0.717) is 31.1 Å². The van der Waals surface area contributed by atoms with Crippen molar-refractivity contribution >= 4 is 46.3 Å². The van der Waals surface area contributed by atoms with E-state index in [1.54, 1.807) is 0 Å². The number of imidazole rings is 1. The lowest BCUT2D eigenvalue weighted by Crippen LogP contribution is -2.53. The van der Waals surface area contributed by atoms with Crippen LogP contribution in [0.1, 0.15) is 112 Å². The second kappa shape index (κ2) is 16.0. The first-order valence-electron chi connectivity index (χ1n) is 19.0. The van der Waals surface area contributed by atoms with E-state index in [4.69, 9.17) is 14.5 Å². The van der Waals surface area contributed by atoms with E-state index >= 15 is 0 Å². The summed E-state index contributed by atoms with van der Waals surface area (Å²) in [6, 6.07) is 18.3. The zero-order valence-corrected chi connectivity index (χ0v) is 33.7. The molecule has 4 aromatic rings. The Hall–Kier alpha value is -4.36. The second-order valence-electron chi connectivity index (χ2n) is 17.2. The number of piperidine rings is 1. The number of nitrogens with one attached hydrogen (secondary N) is 1. The summed E-state index contributed by atoms with van der Waals surface area (Å²) in [5.41, 5.74) is 2.55. The number of fused-ring (bicyclic) bond motifs is 1. The summed E-state index contributed by atoms with van der Waals surface area (Å²) in [7, 11) is 0. The van der Waals surface area contributed by atoms with Gasteiger partial charge in [-0.05, 0) is 99.6 Å². The summed E-state index contributed by atoms with van der Waals surface area (Å²) in [5.74, 6) is -0.477. The number of hydrogen-bond acceptors (Lipinski definition) is 8. The normalized spacial score (nSPS) is 19.5. The smallest absolute Gasteiger partial charge is 0.410 e. The van der Waals surface area contributed by atoms with Crippen LogP contribution in [0.4, 0.5) is 19.5 Å². The molecule has 2 aromatic heterocycles. The number of nitrogens with zero attached hydrogens (tertiary/aromatic N) is 4. The first kappa shape index (κ1) is 40.3. The van der Waals surface area contributed by atoms with Crippen LogP contribution in [-0.2, 0) is 27.4 Å². The third-order valence-corrected chi connectivity index (χ3v) is 11.9. The molecule has 2 aromatic carbocycles. The van der Waals surface area contributed by atoms with Gasteiger partial charge < -0.3 is 18.9 Å². The lowest BCUT2D eigenvalue weighted by Gasteiger charge is -2.53. The predicted molar refractivity (Wildman–Crippen MR) is 210 cm³/mol. The van der Waals surface area contributed by atoms with Crippen LogP contribution in [0.15, 0.2) is 60.7 Å². The Balaban J connectivity index is 1.25. The van der Waals surface area contributed by atoms with E-state index in [9.17, 15) is 23.2 Å². The van der Waals surface area contributed by atoms with Gasteiger partial charge in [-0.15, -0.1) is 11.3 Å². The molecule has 1 aliphatic carbocycles. The number of halogens is 2. The summed E-state index contributed by atoms with van der Waals surface area (Å²) < 4.78 is 40.2. The summed E-state index contributed by atoms with van der Waals surface area (Å²) >= 11 is 0.762. The molecule has 3 heterocycles. The number of carbonyl (C=O) groups is 3. The van der Waals surface area contributed by atoms with E-state index < -0.39 is 17.9 Å². The van der Waals surface area contributed by atoms with Crippen LogP contribution in [-0.4, -0.2) is 68.6 Å². The molecule has 2 aliphatic rings. The van der Waals surface area contributed by atoms with E-state index in [0.717, 1.165) is 53.7 Å². The molecule has 1 spiro atoms. The number of ether oxygens (including phenoxy) is 2. The average molecular weight is 778 g/mol. The zero-order chi connectivity index (χ0) is 39.7. The number of anilines is 1. The van der Waals surface area contributed by atoms with Crippen LogP contribution in [0.25, 0.3) is 11.0 Å². The number of alkyl halides is 2. The Morgan fingerprint density at radius 2 is 1.75 bits per heavy atom. The average Bonchev–Trinajstić information content (AvgIpc) is 3.74. The van der Waals surface area contributed by atoms with Gasteiger partial charge in [0.05, 0.1) is 27.3 Å². The molecule has 6 rings (SSSR count). The van der Waals surface area contributed by atoms with E-state index in [2.05, 4.69) is 37.9 Å². The highest BCUT2D eigenvalue weighted by atomic mass is 32.1. The number of hydrogen-bond donors (Lipinski definition) is 1. The molecule has 1 saturated carbocycles. The minimum absolute atomic E-state index is 0.0125. The fourth-order valence-corrected chi connectivity index (χ4v) is 8.42. The summed E-state index contributed by atoms with van der Waals surface area (Å²) in [4.78, 5) is 48.4. The standard InChI is InChI=1S/C42H53F2N5O5S/c1-27(40(2,3)4)48(24-35(50)53-25-28-12-9-8-10-13-28)23-29-14-15-32-31(20-29)45-38(46-37(51)34-17-16-33(55-34)36(43)44)49(32)30-21-42(22-30)18-11-19-47(26-42)39(52)54-41(5,6)7/h8-10,12-17,20,27,30,36H,11,18-19,21-26H2,1-7H3,(H,45,46,51)/t27-,30-,42-/m0/s1. The molecule has 13 heteroatoms. The van der Waals surface area contributed by atoms with E-state index in [1.807, 2.05) is 78.8 Å². The Morgan fingerprint density at radius 3 is 2.40 bits per heavy atom. The van der Waals surface area contributed by atoms with Gasteiger partial charge in [0.2, 0.25) is 5.95 Å². The van der Waals surface area contributed by atoms with Crippen LogP contribution in [0.2, 0.25) is 0 Å². The fraction of sp³-hybridized carbons (Fsp3) is 0.524. The fourth-order valence-electron chi connectivity index (χ4n) is 7.66. The number of thiophene rings is 1. The SMILES string of the molecule is C[C@H](N(CC(=O)OCc1ccccc1)Cc1ccc2c(c1)nc(NC(=O)c1ccc(C(F)F)s1)n2[C@H]1C[C@@]2(CCCN(C(=O)OC(C)(C)C)C2)C1)C(C)(C)C. The molecule has 10 nitrogen and oxygen atoms in total. The van der Waals surface area contributed by atoms with Gasteiger partial charge in [-0.25, -0.2) is 18.6 Å². The van der Waals surface area contributed by atoms with E-state index in [-0.39, 0.29) is 57.9 Å². The number of likely N-dealkylation sites (tertiary alicyclic amines) is 1. The number of amides is 2. The quantitative estimate of drug-likeness (QED) is 0.151. The van der Waals surface area contributed by atoms with Crippen molar-refractivity contribution in [1.82, 2.24) is 19.4 Å². The van der Waals surface area contributed by atoms with Gasteiger partial charge in [0.1, 0.15) is 12.2 Å². The van der Waals surface area contributed by atoms with Gasteiger partial charge in [-0.3, -0.25) is 19.8 Å². The van der Waals surface area contributed by atoms with Crippen LogP contribution in [0.5, 0.6) is 0 Å². The predicted octanol–water partition coefficient (Wildman–Crippen LogP) is 9.62. The number of aromatic nitrogens is 2. The minimum atomic E-state index is -2.66. The molecule has 1 saturated heterocycles. The number of carbonyl (C=O) groups excluding carboxylic acids is 3. The monoisotopic (exact) mass is 777 g/mol. The largest absolute Gasteiger partial charge is 0.460 e. The van der Waals surface area contributed by atoms with Crippen molar-refractivity contribution < 1.29 is 32.6 Å². The Morgan fingerprint density at radius 1 is 1.02 bits per heavy atom. The Labute approximate surface area is 326 Å². The van der Waals surface area contributed by atoms with Gasteiger partial charge in [0.15, 0.2) is 0 Å². The summed E-state index contributed by atoms with van der Waals surface area (Å²) in [6.07, 6.45) is 0.433. The number of esters is 1. The van der Waals surface area contributed by atoms with Gasteiger partial charge in [0.25, 0.3) is 12.3 Å². The second-order valence-corrected chi connectivity index (χ2v) is 18.4. The molecule has 0 unspecified atom stereocenters. The lowest BCUT2D eigenvalue weighted by molar-refractivity contribution is -0.147. The molecule has 1 aliphatic heterocycles. The Bertz CT molecular complexity index is 1990. The van der Waals surface area contributed by atoms with Crippen LogP contribution < -0.4 is 5.32 Å². The van der Waals surface area contributed by atoms with Gasteiger partial charge in [-0.2, -0.15) is 0 Å². The maximum Gasteiger partial charge on any atom is 0.410 e. The highest BCUT2D eigenvalue weighted by Crippen LogP contribution is 2.55. The van der Waals surface area contributed by atoms with E-state index in [1.165, 1.54) is 12.1 Å². The third kappa shape index (κ3) is 9.72. The molecule has 0 radical (unpaired) electrons. The molecular formula is C42H53F2N5O5S. The van der Waals surface area contributed by atoms with Gasteiger partial charge in [0, 0.05) is 31.7 Å². The highest BCUT2D eigenvalue weighted by Gasteiger charge is 2.49. The Kier molecular flexibility index (Phi) is 11.7. The van der Waals surface area contributed by atoms with Crippen LogP contribution in [0.3, 0.4) is 0 Å². The maximum atomic E-state index is 13.5.